The Morgan fingerprint density at radius 2 is 0.615 bits per heavy atom. The van der Waals surface area contributed by atoms with Crippen LogP contribution in [0.5, 0.6) is 5.75 Å². The van der Waals surface area contributed by atoms with Crippen LogP contribution in [0.1, 0.15) is 251 Å². The van der Waals surface area contributed by atoms with E-state index >= 15 is 0 Å². The maximum atomic E-state index is 13.2. The second-order valence-electron chi connectivity index (χ2n) is 43.7. The highest BCUT2D eigenvalue weighted by atomic mass is 127. The number of amides is 5. The van der Waals surface area contributed by atoms with Gasteiger partial charge in [0, 0.05) is 20.1 Å². The Morgan fingerprint density at radius 3 is 0.853 bits per heavy atom. The Hall–Kier alpha value is -7.72. The lowest BCUT2D eigenvalue weighted by atomic mass is 9.86. The van der Waals surface area contributed by atoms with Crippen LogP contribution in [0.3, 0.4) is 0 Å². The molecule has 0 saturated heterocycles. The molecule has 0 fully saturated rings. The fourth-order valence-corrected chi connectivity index (χ4v) is 30.7. The first kappa shape index (κ1) is 129. The van der Waals surface area contributed by atoms with Crippen molar-refractivity contribution in [1.82, 2.24) is 21.3 Å². The summed E-state index contributed by atoms with van der Waals surface area (Å²) in [5.74, 6) is -0.229. The van der Waals surface area contributed by atoms with E-state index in [9.17, 15) is 24.0 Å². The zero-order valence-corrected chi connectivity index (χ0v) is 101. The van der Waals surface area contributed by atoms with E-state index in [1.807, 2.05) is 173 Å². The average molecular weight is 2320 g/mol. The molecule has 0 aliphatic heterocycles. The smallest absolute Gasteiger partial charge is 0.408 e. The van der Waals surface area contributed by atoms with Crippen LogP contribution in [-0.4, -0.2) is 116 Å². The number of hydrogen-bond donors (Lipinski definition) is 6. The SMILES string of the molecule is C/C(Cl)=C\C[C@H](C/C=C\I)O[Si](c1ccccc1)(c1ccccc1)C(C)(C)C.C/C(Cl)=C\C[C@H](C/C=C\NC(=O)[C@@H](N)C(C)(C)C)O[Si](c1ccccc1)(c1ccccc1)C(C)(C)C.C/C(Cl)=C\C[C@H](C/C=C\NC(=O)[C@@H](NC(=O)OC(C)(C)C)C(C)(C)C)O[Si](c1ccccc1)(c1ccccc1)C(C)(C)C.CC(C)(C)OC(=O)N[C@H](C(N)=O)C(C)(C)C.COc1ccc(CO[C@H](C/C=C\I)C/C=C(\C)Cl)cc1. The summed E-state index contributed by atoms with van der Waals surface area (Å²) in [5, 5.41) is 21.1. The second kappa shape index (κ2) is 61.9. The normalized spacial score (nSPS) is 14.5. The van der Waals surface area contributed by atoms with E-state index in [1.54, 1.807) is 61.1 Å². The van der Waals surface area contributed by atoms with Crippen LogP contribution >= 0.6 is 91.6 Å². The molecule has 786 valence electrons. The number of methoxy groups -OCH3 is 1. The summed E-state index contributed by atoms with van der Waals surface area (Å²) < 4.78 is 47.4. The Balaban J connectivity index is 0.000000478. The number of carbonyl (C=O) groups excluding carboxylic acids is 5. The van der Waals surface area contributed by atoms with Crippen molar-refractivity contribution in [3.63, 3.8) is 0 Å². The predicted octanol–water partition coefficient (Wildman–Crippen LogP) is 26.9. The summed E-state index contributed by atoms with van der Waals surface area (Å²) in [5.41, 5.74) is 9.91. The monoisotopic (exact) mass is 2310 g/mol. The van der Waals surface area contributed by atoms with E-state index < -0.39 is 83.2 Å². The molecule has 0 aliphatic rings. The largest absolute Gasteiger partial charge is 0.497 e. The van der Waals surface area contributed by atoms with Gasteiger partial charge in [0.25, 0.3) is 25.0 Å². The van der Waals surface area contributed by atoms with Crippen molar-refractivity contribution in [2.24, 2.45) is 27.7 Å². The summed E-state index contributed by atoms with van der Waals surface area (Å²) in [7, 11) is -6.40. The molecule has 8 N–H and O–H groups in total. The number of primary amides is 1. The summed E-state index contributed by atoms with van der Waals surface area (Å²) in [6, 6.07) is 69.6. The molecule has 18 nitrogen and oxygen atoms in total. The minimum atomic E-state index is -2.80. The molecule has 0 spiro atoms. The second-order valence-corrected chi connectivity index (χ2v) is 60.3. The number of halogens is 6. The molecule has 0 heterocycles. The molecular weight excluding hydrogens is 2150 g/mol. The van der Waals surface area contributed by atoms with Crippen LogP contribution in [0.15, 0.2) is 296 Å². The number of carbonyl (C=O) groups is 5. The van der Waals surface area contributed by atoms with E-state index in [1.165, 1.54) is 31.1 Å². The summed E-state index contributed by atoms with van der Waals surface area (Å²) in [6.45, 7) is 56.3. The standard InChI is InChI=1S/C35H51ClN2O4Si.C30H43ClN2O2Si.C24H30ClIOSi.C16H20ClIO2.C11H22N2O3/c1-26(36)23-24-27(18-17-25-37-31(39)30(33(2,3)4)38-32(40)41-34(5,6)7)42-43(35(8,9)10,28-19-13-11-14-20-28)29-21-15-12-16-22-29;1-23(31)20-21-24(15-14-22-33-28(34)27(32)29(2,3)4)35-36(30(5,6)7,25-16-10-8-11-17-25)26-18-12-9-13-19-26;1-20(25)17-18-21(12-11-19-26)27-28(24(2,3)4,22-13-7-5-8-14-22)23-15-9-6-10-16-23;1-13(17)5-8-16(4-3-11-18)20-12-14-6-9-15(19-2)10-7-14;1-10(2,3)7(8(12)14)13-9(15)16-11(4,5)6/h11-17,19-23,25,27,30H,18,24H2,1-10H3,(H,37,39)(H,38,40);8-14,16-20,22,24,27H,15,21,32H2,1-7H3,(H,33,34);5-11,13-17,19,21H,12,18H2,1-4H3;3,5-7,9-11,16H,4,8,12H2,1-2H3;7H,1-6H3,(H2,12,14)(H,13,15)/b25-17-,26-23+;22-14-,23-20+;19-11-,20-17+;11-3-,13-5+;/t27-,30+;24-,27+;21-;16-;7-/m00011/s1. The van der Waals surface area contributed by atoms with Gasteiger partial charge in [0.15, 0.2) is 0 Å². The van der Waals surface area contributed by atoms with Crippen LogP contribution in [-0.2, 0) is 48.5 Å². The number of hydrogen-bond acceptors (Lipinski definition) is 13. The molecule has 0 radical (unpaired) electrons. The fraction of sp³-hybridized carbons (Fsp3) is 0.457. The molecule has 0 aliphatic carbocycles. The summed E-state index contributed by atoms with van der Waals surface area (Å²) in [6.07, 6.45) is 24.0. The Labute approximate surface area is 909 Å². The Morgan fingerprint density at radius 1 is 0.357 bits per heavy atom. The molecule has 0 unspecified atom stereocenters. The van der Waals surface area contributed by atoms with E-state index in [-0.39, 0.29) is 56.8 Å². The Kier molecular flexibility index (Phi) is 56.0. The first-order valence-electron chi connectivity index (χ1n) is 48.9. The van der Waals surface area contributed by atoms with Crippen molar-refractivity contribution in [3.05, 3.63) is 301 Å². The van der Waals surface area contributed by atoms with Crippen LogP contribution in [0.25, 0.3) is 0 Å². The molecule has 0 bridgehead atoms. The number of ether oxygens (including phenoxy) is 4. The van der Waals surface area contributed by atoms with Crippen molar-refractivity contribution in [2.45, 2.75) is 321 Å². The molecule has 0 saturated carbocycles. The van der Waals surface area contributed by atoms with Crippen LogP contribution < -0.4 is 68.6 Å². The van der Waals surface area contributed by atoms with Crippen molar-refractivity contribution < 1.29 is 56.2 Å². The van der Waals surface area contributed by atoms with Gasteiger partial charge in [-0.25, -0.2) is 9.59 Å². The van der Waals surface area contributed by atoms with Crippen LogP contribution in [0.2, 0.25) is 15.1 Å². The van der Waals surface area contributed by atoms with E-state index in [2.05, 4.69) is 309 Å². The van der Waals surface area contributed by atoms with Crippen molar-refractivity contribution >= 4 is 178 Å². The highest BCUT2D eigenvalue weighted by Crippen LogP contribution is 2.42. The minimum absolute atomic E-state index is 0.0261. The maximum absolute atomic E-state index is 13.2. The fourth-order valence-electron chi connectivity index (χ4n) is 15.7. The predicted molar refractivity (Wildman–Crippen MR) is 627 cm³/mol. The first-order chi connectivity index (χ1) is 66.5. The van der Waals surface area contributed by atoms with Crippen molar-refractivity contribution in [1.29, 1.82) is 0 Å². The van der Waals surface area contributed by atoms with Crippen LogP contribution in [0.4, 0.5) is 9.59 Å². The van der Waals surface area contributed by atoms with Gasteiger partial charge >= 0.3 is 12.2 Å². The van der Waals surface area contributed by atoms with Gasteiger partial charge < -0.3 is 65.0 Å². The minimum Gasteiger partial charge on any atom is -0.497 e. The molecule has 27 heteroatoms. The molecule has 7 aromatic carbocycles. The van der Waals surface area contributed by atoms with E-state index in [0.29, 0.717) is 37.3 Å². The number of nitrogens with one attached hydrogen (secondary N) is 4. The van der Waals surface area contributed by atoms with Crippen LogP contribution in [0, 0.1) is 16.2 Å². The van der Waals surface area contributed by atoms with Crippen molar-refractivity contribution in [3.8, 4) is 5.75 Å². The van der Waals surface area contributed by atoms with Gasteiger partial charge in [-0.2, -0.15) is 0 Å². The van der Waals surface area contributed by atoms with E-state index in [4.69, 9.17) is 90.1 Å². The number of benzene rings is 7. The lowest BCUT2D eigenvalue weighted by Crippen LogP contribution is -2.67. The summed E-state index contributed by atoms with van der Waals surface area (Å²) >= 11 is 29.0. The molecule has 7 rings (SSSR count). The van der Waals surface area contributed by atoms with Crippen molar-refractivity contribution in [2.75, 3.05) is 7.11 Å². The molecule has 7 atom stereocenters. The zero-order chi connectivity index (χ0) is 108. The zero-order valence-electron chi connectivity index (χ0n) is 90.3. The number of rotatable bonds is 39. The highest BCUT2D eigenvalue weighted by Gasteiger charge is 2.54. The van der Waals surface area contributed by atoms with Gasteiger partial charge in [0.2, 0.25) is 17.7 Å². The molecule has 0 aromatic heterocycles. The number of alkyl carbamates (subject to hydrolysis) is 2. The number of allylic oxidation sites excluding steroid dienone is 4. The van der Waals surface area contributed by atoms with Gasteiger partial charge in [0.05, 0.1) is 44.2 Å². The topological polar surface area (TPSA) is 250 Å². The third-order valence-electron chi connectivity index (χ3n) is 22.9. The van der Waals surface area contributed by atoms with Gasteiger partial charge in [-0.1, -0.05) is 459 Å². The number of nitrogens with two attached hydrogens (primary N) is 2. The highest BCUT2D eigenvalue weighted by molar-refractivity contribution is 14.1. The third-order valence-corrected chi connectivity index (χ3v) is 39.8. The average Bonchev–Trinajstić information content (AvgIpc) is 0.750. The molecule has 143 heavy (non-hydrogen) atoms. The van der Waals surface area contributed by atoms with Gasteiger partial charge in [0.1, 0.15) is 29.0 Å². The lowest BCUT2D eigenvalue weighted by molar-refractivity contribution is -0.125. The molecule has 5 amide bonds. The van der Waals surface area contributed by atoms with Gasteiger partial charge in [-0.05, 0) is 221 Å². The summed E-state index contributed by atoms with van der Waals surface area (Å²) in [4.78, 5) is 60.8. The van der Waals surface area contributed by atoms with Gasteiger partial charge in [-0.3, -0.25) is 14.4 Å². The third kappa shape index (κ3) is 46.3. The molecular formula is C116H166Cl4I2N6O12Si3. The lowest BCUT2D eigenvalue weighted by Gasteiger charge is -2.45. The quantitative estimate of drug-likeness (QED) is 0.0155. The maximum Gasteiger partial charge on any atom is 0.408 e. The van der Waals surface area contributed by atoms with E-state index in [0.717, 1.165) is 52.1 Å². The van der Waals surface area contributed by atoms with Gasteiger partial charge in [-0.15, -0.1) is 0 Å². The molecule has 7 aromatic rings. The first-order valence-corrected chi connectivity index (χ1v) is 58.6. The Bertz CT molecular complexity index is 5060.